The molecule has 1 aromatic carbocycles. The number of thiophene rings is 1. The molecular formula is C25H29N3O4S2. The van der Waals surface area contributed by atoms with Crippen molar-refractivity contribution in [2.75, 3.05) is 37.9 Å². The molecule has 2 amide bonds. The second-order valence-electron chi connectivity index (χ2n) is 7.81. The van der Waals surface area contributed by atoms with Crippen molar-refractivity contribution in [1.82, 2.24) is 9.47 Å². The lowest BCUT2D eigenvalue weighted by atomic mass is 10.1. The maximum absolute atomic E-state index is 13.5. The van der Waals surface area contributed by atoms with Crippen LogP contribution in [0.15, 0.2) is 42.7 Å². The monoisotopic (exact) mass is 499 g/mol. The molecule has 0 fully saturated rings. The van der Waals surface area contributed by atoms with Crippen LogP contribution in [0.4, 0.5) is 5.69 Å². The molecule has 7 nitrogen and oxygen atoms in total. The molecule has 0 unspecified atom stereocenters. The van der Waals surface area contributed by atoms with Gasteiger partial charge in [0.05, 0.1) is 25.3 Å². The average Bonchev–Trinajstić information content (AvgIpc) is 3.48. The van der Waals surface area contributed by atoms with Crippen molar-refractivity contribution in [2.45, 2.75) is 26.0 Å². The lowest BCUT2D eigenvalue weighted by molar-refractivity contribution is -0.116. The number of nitrogens with zero attached hydrogens (tertiary/aromatic N) is 2. The highest BCUT2D eigenvalue weighted by Gasteiger charge is 2.28. The van der Waals surface area contributed by atoms with E-state index in [9.17, 15) is 9.59 Å². The molecule has 1 N–H and O–H groups in total. The Morgan fingerprint density at radius 3 is 2.59 bits per heavy atom. The normalized spacial score (nSPS) is 12.7. The fraction of sp³-hybridized carbons (Fsp3) is 0.360. The number of thioether (sulfide) groups is 1. The number of hydrogen-bond acceptors (Lipinski definition) is 6. The van der Waals surface area contributed by atoms with Crippen molar-refractivity contribution in [2.24, 2.45) is 0 Å². The summed E-state index contributed by atoms with van der Waals surface area (Å²) in [6.07, 6.45) is 4.77. The zero-order valence-corrected chi connectivity index (χ0v) is 21.3. The molecule has 4 rings (SSSR count). The number of anilines is 1. The van der Waals surface area contributed by atoms with E-state index in [4.69, 9.17) is 9.47 Å². The van der Waals surface area contributed by atoms with Crippen LogP contribution in [0.3, 0.4) is 0 Å². The van der Waals surface area contributed by atoms with Gasteiger partial charge in [0.1, 0.15) is 5.00 Å². The summed E-state index contributed by atoms with van der Waals surface area (Å²) in [5, 5.41) is 3.79. The number of rotatable bonds is 9. The van der Waals surface area contributed by atoms with Crippen LogP contribution in [0.5, 0.6) is 11.5 Å². The van der Waals surface area contributed by atoms with Crippen LogP contribution < -0.4 is 14.8 Å². The van der Waals surface area contributed by atoms with Crippen molar-refractivity contribution in [3.8, 4) is 16.5 Å². The fourth-order valence-corrected chi connectivity index (χ4v) is 6.34. The van der Waals surface area contributed by atoms with Gasteiger partial charge in [0.25, 0.3) is 5.91 Å². The van der Waals surface area contributed by atoms with E-state index in [1.807, 2.05) is 54.7 Å². The Balaban J connectivity index is 1.50. The Labute approximate surface area is 208 Å². The van der Waals surface area contributed by atoms with Gasteiger partial charge in [-0.25, -0.2) is 0 Å². The number of hydrogen-bond donors (Lipinski definition) is 1. The van der Waals surface area contributed by atoms with E-state index in [1.54, 1.807) is 36.6 Å². The highest BCUT2D eigenvalue weighted by atomic mass is 32.2. The summed E-state index contributed by atoms with van der Waals surface area (Å²) in [6.45, 7) is 4.76. The van der Waals surface area contributed by atoms with Gasteiger partial charge in [-0.2, -0.15) is 11.8 Å². The lowest BCUT2D eigenvalue weighted by Crippen LogP contribution is -2.35. The van der Waals surface area contributed by atoms with Crippen LogP contribution >= 0.6 is 23.1 Å². The Morgan fingerprint density at radius 1 is 1.12 bits per heavy atom. The zero-order valence-electron chi connectivity index (χ0n) is 19.6. The first-order valence-electron chi connectivity index (χ1n) is 11.3. The molecule has 3 heterocycles. The number of likely N-dealkylation sites (N-methyl/N-ethyl adjacent to an activating group) is 1. The Bertz CT molecular complexity index is 1160. The molecule has 0 spiro atoms. The largest absolute Gasteiger partial charge is 0.490 e. The third-order valence-electron chi connectivity index (χ3n) is 5.41. The first-order chi connectivity index (χ1) is 16.5. The predicted octanol–water partition coefficient (Wildman–Crippen LogP) is 4.84. The Morgan fingerprint density at radius 2 is 1.85 bits per heavy atom. The predicted molar refractivity (Wildman–Crippen MR) is 138 cm³/mol. The summed E-state index contributed by atoms with van der Waals surface area (Å²) < 4.78 is 13.2. The highest BCUT2D eigenvalue weighted by Crippen LogP contribution is 2.39. The van der Waals surface area contributed by atoms with E-state index in [-0.39, 0.29) is 18.4 Å². The van der Waals surface area contributed by atoms with Gasteiger partial charge in [-0.3, -0.25) is 9.59 Å². The third kappa shape index (κ3) is 5.26. The minimum Gasteiger partial charge on any atom is -0.490 e. The van der Waals surface area contributed by atoms with Crippen molar-refractivity contribution in [1.29, 1.82) is 0 Å². The van der Waals surface area contributed by atoms with Crippen LogP contribution in [0.1, 0.15) is 34.6 Å². The summed E-state index contributed by atoms with van der Waals surface area (Å²) in [5.74, 6) is 2.72. The van der Waals surface area contributed by atoms with Crippen LogP contribution in [0, 0.1) is 0 Å². The fourth-order valence-electron chi connectivity index (χ4n) is 3.90. The van der Waals surface area contributed by atoms with Crippen LogP contribution in [0.2, 0.25) is 0 Å². The summed E-state index contributed by atoms with van der Waals surface area (Å²) >= 11 is 3.56. The molecule has 0 aliphatic carbocycles. The van der Waals surface area contributed by atoms with Gasteiger partial charge >= 0.3 is 0 Å². The number of benzene rings is 1. The van der Waals surface area contributed by atoms with Crippen molar-refractivity contribution in [3.05, 3.63) is 58.7 Å². The van der Waals surface area contributed by atoms with Crippen LogP contribution in [0.25, 0.3) is 5.00 Å². The molecule has 2 aromatic heterocycles. The lowest BCUT2D eigenvalue weighted by Gasteiger charge is -2.20. The number of ether oxygens (including phenoxy) is 2. The first-order valence-corrected chi connectivity index (χ1v) is 13.3. The van der Waals surface area contributed by atoms with Crippen molar-refractivity contribution in [3.63, 3.8) is 0 Å². The van der Waals surface area contributed by atoms with Gasteiger partial charge in [-0.1, -0.05) is 0 Å². The van der Waals surface area contributed by atoms with Gasteiger partial charge in [0.2, 0.25) is 5.91 Å². The molecule has 0 radical (unpaired) electrons. The maximum atomic E-state index is 13.5. The molecule has 1 aliphatic rings. The van der Waals surface area contributed by atoms with Gasteiger partial charge in [-0.15, -0.1) is 11.3 Å². The van der Waals surface area contributed by atoms with E-state index in [1.165, 1.54) is 9.78 Å². The summed E-state index contributed by atoms with van der Waals surface area (Å²) in [6, 6.07) is 9.19. The number of fused-ring (bicyclic) bond motifs is 1. The number of carbonyl (C=O) groups excluding carboxylic acids is 2. The standard InChI is InChI=1S/C25H29N3O4S2/c1-4-31-19-9-8-17(14-20(19)32-5-2)26-22(29)15-27(3)24(30)23-18-10-13-33-16-21(18)34-25(23)28-11-6-7-12-28/h6-9,11-12,14H,4-5,10,13,15-16H2,1-3H3,(H,26,29). The molecule has 34 heavy (non-hydrogen) atoms. The smallest absolute Gasteiger partial charge is 0.257 e. The molecule has 0 atom stereocenters. The van der Waals surface area contributed by atoms with E-state index in [2.05, 4.69) is 5.32 Å². The van der Waals surface area contributed by atoms with E-state index in [0.29, 0.717) is 36.0 Å². The van der Waals surface area contributed by atoms with E-state index >= 15 is 0 Å². The van der Waals surface area contributed by atoms with Gasteiger partial charge in [0, 0.05) is 41.8 Å². The van der Waals surface area contributed by atoms with E-state index in [0.717, 1.165) is 28.5 Å². The number of carbonyl (C=O) groups is 2. The number of amides is 2. The summed E-state index contributed by atoms with van der Waals surface area (Å²) in [5.41, 5.74) is 2.43. The molecule has 180 valence electrons. The number of aromatic nitrogens is 1. The minimum atomic E-state index is -0.273. The third-order valence-corrected chi connectivity index (χ3v) is 7.82. The molecule has 1 aliphatic heterocycles. The highest BCUT2D eigenvalue weighted by molar-refractivity contribution is 7.98. The second-order valence-corrected chi connectivity index (χ2v) is 10.0. The van der Waals surface area contributed by atoms with Gasteiger partial charge in [0.15, 0.2) is 11.5 Å². The number of nitrogens with one attached hydrogen (secondary N) is 1. The van der Waals surface area contributed by atoms with Crippen LogP contribution in [-0.4, -0.2) is 53.8 Å². The Kier molecular flexibility index (Phi) is 7.84. The average molecular weight is 500 g/mol. The SMILES string of the molecule is CCOc1ccc(NC(=O)CN(C)C(=O)c2c(-n3cccc3)sc3c2CCSC3)cc1OCC. The maximum Gasteiger partial charge on any atom is 0.257 e. The topological polar surface area (TPSA) is 72.8 Å². The molecule has 9 heteroatoms. The van der Waals surface area contributed by atoms with Gasteiger partial charge in [-0.05, 0) is 55.9 Å². The van der Waals surface area contributed by atoms with E-state index < -0.39 is 0 Å². The van der Waals surface area contributed by atoms with Crippen molar-refractivity contribution < 1.29 is 19.1 Å². The first kappa shape index (κ1) is 24.2. The van der Waals surface area contributed by atoms with Gasteiger partial charge < -0.3 is 24.3 Å². The second kappa shape index (κ2) is 11.0. The van der Waals surface area contributed by atoms with Crippen molar-refractivity contribution >= 4 is 40.6 Å². The molecule has 3 aromatic rings. The summed E-state index contributed by atoms with van der Waals surface area (Å²) in [4.78, 5) is 29.1. The minimum absolute atomic E-state index is 0.0551. The molecular weight excluding hydrogens is 470 g/mol. The molecule has 0 saturated carbocycles. The summed E-state index contributed by atoms with van der Waals surface area (Å²) in [7, 11) is 1.67. The Hall–Kier alpha value is -2.91. The molecule has 0 bridgehead atoms. The zero-order chi connectivity index (χ0) is 24.1. The quantitative estimate of drug-likeness (QED) is 0.456. The van der Waals surface area contributed by atoms with Crippen LogP contribution in [-0.2, 0) is 17.0 Å². The molecule has 0 saturated heterocycles.